The van der Waals surface area contributed by atoms with Gasteiger partial charge in [0.15, 0.2) is 0 Å². The van der Waals surface area contributed by atoms with Gasteiger partial charge in [0.1, 0.15) is 5.78 Å². The average molecular weight is 419 g/mol. The second-order valence-corrected chi connectivity index (χ2v) is 12.9. The maximum Gasteiger partial charge on any atom is 0.136 e. The van der Waals surface area contributed by atoms with Crippen molar-refractivity contribution in [2.45, 2.75) is 117 Å². The van der Waals surface area contributed by atoms with E-state index in [4.69, 9.17) is 0 Å². The Morgan fingerprint density at radius 3 is 2.43 bits per heavy atom. The van der Waals surface area contributed by atoms with Crippen LogP contribution in [0.5, 0.6) is 0 Å². The monoisotopic (exact) mass is 418 g/mol. The van der Waals surface area contributed by atoms with Crippen molar-refractivity contribution in [1.29, 1.82) is 0 Å². The molecule has 0 amide bonds. The van der Waals surface area contributed by atoms with Gasteiger partial charge in [-0.2, -0.15) is 0 Å². The van der Waals surface area contributed by atoms with Crippen molar-refractivity contribution in [3.05, 3.63) is 0 Å². The van der Waals surface area contributed by atoms with Crippen LogP contribution < -0.4 is 0 Å². The van der Waals surface area contributed by atoms with Gasteiger partial charge in [-0.25, -0.2) is 0 Å². The molecule has 0 saturated heterocycles. The molecule has 3 nitrogen and oxygen atoms in total. The zero-order valence-corrected chi connectivity index (χ0v) is 20.1. The number of ketones is 1. The van der Waals surface area contributed by atoms with E-state index in [1.54, 1.807) is 0 Å². The molecular formula is C27H46O3. The van der Waals surface area contributed by atoms with E-state index in [1.807, 2.05) is 0 Å². The molecule has 0 heterocycles. The lowest BCUT2D eigenvalue weighted by molar-refractivity contribution is -0.164. The zero-order valence-electron chi connectivity index (χ0n) is 20.1. The molecule has 4 fully saturated rings. The third-order valence-electron chi connectivity index (χ3n) is 10.6. The lowest BCUT2D eigenvalue weighted by Crippen LogP contribution is -2.58. The number of hydrogen-bond donors (Lipinski definition) is 2. The Morgan fingerprint density at radius 1 is 1.07 bits per heavy atom. The lowest BCUT2D eigenvalue weighted by Gasteiger charge is -2.60. The summed E-state index contributed by atoms with van der Waals surface area (Å²) >= 11 is 0. The van der Waals surface area contributed by atoms with E-state index < -0.39 is 5.60 Å². The molecule has 4 rings (SSSR count). The minimum absolute atomic E-state index is 0.0724. The summed E-state index contributed by atoms with van der Waals surface area (Å²) in [5.41, 5.74) is -0.343. The number of hydrogen-bond acceptors (Lipinski definition) is 3. The Hall–Kier alpha value is -0.410. The molecule has 4 aliphatic rings. The van der Waals surface area contributed by atoms with Crippen molar-refractivity contribution < 1.29 is 15.0 Å². The molecule has 2 N–H and O–H groups in total. The normalized spacial score (nSPS) is 48.1. The standard InChI is InChI=1S/C27H46O3/c1-17(2)7-6-12-27(5,30)24-9-8-20-19-16-23(29)22-15-18(28)10-13-25(22,3)21(19)11-14-26(20,24)4/h17-22,24,28,30H,6-16H2,1-5H3/t18-,19?,20?,21?,22?,24?,25+,26-,27-/m0/s1. The smallest absolute Gasteiger partial charge is 0.136 e. The van der Waals surface area contributed by atoms with Crippen molar-refractivity contribution in [2.24, 2.45) is 46.3 Å². The fourth-order valence-corrected chi connectivity index (χ4v) is 9.08. The Morgan fingerprint density at radius 2 is 1.73 bits per heavy atom. The van der Waals surface area contributed by atoms with Gasteiger partial charge in [-0.3, -0.25) is 4.79 Å². The molecule has 3 heteroatoms. The fourth-order valence-electron chi connectivity index (χ4n) is 9.08. The van der Waals surface area contributed by atoms with Crippen molar-refractivity contribution in [2.75, 3.05) is 0 Å². The summed E-state index contributed by atoms with van der Waals surface area (Å²) < 4.78 is 0. The van der Waals surface area contributed by atoms with Crippen LogP contribution in [-0.2, 0) is 4.79 Å². The summed E-state index contributed by atoms with van der Waals surface area (Å²) in [6, 6.07) is 0. The molecule has 9 atom stereocenters. The van der Waals surface area contributed by atoms with Gasteiger partial charge < -0.3 is 10.2 Å². The second-order valence-electron chi connectivity index (χ2n) is 12.9. The molecule has 0 radical (unpaired) electrons. The Kier molecular flexibility index (Phi) is 5.97. The van der Waals surface area contributed by atoms with Gasteiger partial charge >= 0.3 is 0 Å². The summed E-state index contributed by atoms with van der Waals surface area (Å²) in [7, 11) is 0. The first-order valence-corrected chi connectivity index (χ1v) is 12.9. The van der Waals surface area contributed by atoms with Crippen LogP contribution in [0, 0.1) is 46.3 Å². The largest absolute Gasteiger partial charge is 0.393 e. The highest BCUT2D eigenvalue weighted by Gasteiger charge is 2.63. The number of carbonyl (C=O) groups is 1. The first kappa shape index (κ1) is 22.8. The molecule has 0 aromatic rings. The van der Waals surface area contributed by atoms with Gasteiger partial charge in [-0.15, -0.1) is 0 Å². The maximum absolute atomic E-state index is 13.3. The highest BCUT2D eigenvalue weighted by molar-refractivity contribution is 5.83. The third-order valence-corrected chi connectivity index (χ3v) is 10.6. The summed E-state index contributed by atoms with van der Waals surface area (Å²) in [6.45, 7) is 11.5. The molecule has 0 aromatic heterocycles. The molecule has 0 spiro atoms. The molecule has 172 valence electrons. The van der Waals surface area contributed by atoms with Crippen LogP contribution in [0.25, 0.3) is 0 Å². The van der Waals surface area contributed by atoms with E-state index in [-0.39, 0.29) is 22.9 Å². The molecule has 0 aromatic carbocycles. The quantitative estimate of drug-likeness (QED) is 0.596. The van der Waals surface area contributed by atoms with E-state index in [0.717, 1.165) is 38.5 Å². The average Bonchev–Trinajstić information content (AvgIpc) is 3.01. The molecule has 5 unspecified atom stereocenters. The van der Waals surface area contributed by atoms with E-state index in [0.29, 0.717) is 41.8 Å². The first-order valence-electron chi connectivity index (χ1n) is 12.9. The van der Waals surface area contributed by atoms with Gasteiger partial charge in [0, 0.05) is 12.3 Å². The number of rotatable bonds is 5. The summed E-state index contributed by atoms with van der Waals surface area (Å²) in [5, 5.41) is 21.8. The van der Waals surface area contributed by atoms with Crippen LogP contribution in [0.2, 0.25) is 0 Å². The maximum atomic E-state index is 13.3. The Labute approximate surface area is 184 Å². The highest BCUT2D eigenvalue weighted by Crippen LogP contribution is 2.68. The van der Waals surface area contributed by atoms with E-state index in [1.165, 1.54) is 25.7 Å². The predicted octanol–water partition coefficient (Wildman–Crippen LogP) is 5.76. The third kappa shape index (κ3) is 3.60. The van der Waals surface area contributed by atoms with Crippen LogP contribution in [-0.4, -0.2) is 27.7 Å². The number of Topliss-reactive ketones (excluding diaryl/α,β-unsaturated/α-hetero) is 1. The van der Waals surface area contributed by atoms with E-state index in [2.05, 4.69) is 34.6 Å². The van der Waals surface area contributed by atoms with Crippen LogP contribution in [0.3, 0.4) is 0 Å². The molecule has 4 saturated carbocycles. The van der Waals surface area contributed by atoms with Crippen molar-refractivity contribution in [1.82, 2.24) is 0 Å². The van der Waals surface area contributed by atoms with E-state index in [9.17, 15) is 15.0 Å². The molecule has 0 bridgehead atoms. The van der Waals surface area contributed by atoms with Crippen molar-refractivity contribution >= 4 is 5.78 Å². The first-order chi connectivity index (χ1) is 14.0. The molecule has 30 heavy (non-hydrogen) atoms. The number of carbonyl (C=O) groups excluding carboxylic acids is 1. The molecule has 0 aliphatic heterocycles. The molecule has 4 aliphatic carbocycles. The van der Waals surface area contributed by atoms with Gasteiger partial charge in [-0.05, 0) is 98.7 Å². The number of aliphatic hydroxyl groups excluding tert-OH is 1. The SMILES string of the molecule is CC(C)CCC[C@](C)(O)C1CCC2C3CC(=O)C4C[C@@H](O)CC[C@]4(C)C3CC[C@@]21C. The minimum atomic E-state index is -0.592. The topological polar surface area (TPSA) is 57.5 Å². The van der Waals surface area contributed by atoms with Crippen LogP contribution in [0.4, 0.5) is 0 Å². The van der Waals surface area contributed by atoms with Crippen molar-refractivity contribution in [3.63, 3.8) is 0 Å². The number of fused-ring (bicyclic) bond motifs is 5. The fraction of sp³-hybridized carbons (Fsp3) is 0.963. The predicted molar refractivity (Wildman–Crippen MR) is 121 cm³/mol. The van der Waals surface area contributed by atoms with Gasteiger partial charge in [-0.1, -0.05) is 40.5 Å². The number of aliphatic hydroxyl groups is 2. The van der Waals surface area contributed by atoms with Gasteiger partial charge in [0.2, 0.25) is 0 Å². The van der Waals surface area contributed by atoms with Crippen LogP contribution in [0.15, 0.2) is 0 Å². The summed E-state index contributed by atoms with van der Waals surface area (Å²) in [4.78, 5) is 13.3. The Balaban J connectivity index is 1.54. The molecular weight excluding hydrogens is 372 g/mol. The Bertz CT molecular complexity index is 654. The summed E-state index contributed by atoms with van der Waals surface area (Å²) in [6.07, 6.45) is 10.9. The van der Waals surface area contributed by atoms with Crippen molar-refractivity contribution in [3.8, 4) is 0 Å². The van der Waals surface area contributed by atoms with E-state index >= 15 is 0 Å². The zero-order chi connectivity index (χ0) is 21.9. The second kappa shape index (κ2) is 7.87. The van der Waals surface area contributed by atoms with Gasteiger partial charge in [0.05, 0.1) is 11.7 Å². The highest BCUT2D eigenvalue weighted by atomic mass is 16.3. The van der Waals surface area contributed by atoms with Gasteiger partial charge in [0.25, 0.3) is 0 Å². The van der Waals surface area contributed by atoms with Crippen LogP contribution >= 0.6 is 0 Å². The summed E-state index contributed by atoms with van der Waals surface area (Å²) in [5.74, 6) is 3.24. The minimum Gasteiger partial charge on any atom is -0.393 e. The van der Waals surface area contributed by atoms with Crippen LogP contribution in [0.1, 0.15) is 105 Å². The lowest BCUT2D eigenvalue weighted by atomic mass is 9.44.